The summed E-state index contributed by atoms with van der Waals surface area (Å²) in [7, 11) is 2.03. The smallest absolute Gasteiger partial charge is 0.226 e. The molecule has 1 N–H and O–H groups in total. The SMILES string of the molecule is Cn1c(C(C2OCC2(C)C)N2CCNCC2)nc2c(N3CCOCC3)nc(Cl)nc21. The summed E-state index contributed by atoms with van der Waals surface area (Å²) >= 11 is 6.33. The van der Waals surface area contributed by atoms with Gasteiger partial charge in [0.05, 0.1) is 32.0 Å². The molecule has 10 heteroatoms. The number of morpholine rings is 1. The number of imidazole rings is 1. The second-order valence-corrected chi connectivity index (χ2v) is 9.41. The monoisotopic (exact) mass is 435 g/mol. The maximum atomic E-state index is 6.33. The second-order valence-electron chi connectivity index (χ2n) is 9.07. The van der Waals surface area contributed by atoms with E-state index >= 15 is 0 Å². The summed E-state index contributed by atoms with van der Waals surface area (Å²) in [5.41, 5.74) is 1.67. The van der Waals surface area contributed by atoms with Crippen molar-refractivity contribution in [2.75, 3.05) is 64.0 Å². The summed E-state index contributed by atoms with van der Waals surface area (Å²) in [5.74, 6) is 1.76. The molecular weight excluding hydrogens is 406 g/mol. The largest absolute Gasteiger partial charge is 0.378 e. The molecule has 5 rings (SSSR count). The van der Waals surface area contributed by atoms with E-state index in [1.54, 1.807) is 0 Å². The van der Waals surface area contributed by atoms with Crippen molar-refractivity contribution in [3.05, 3.63) is 11.1 Å². The Balaban J connectivity index is 1.61. The lowest BCUT2D eigenvalue weighted by atomic mass is 9.77. The summed E-state index contributed by atoms with van der Waals surface area (Å²) in [6, 6.07) is 0.0614. The molecule has 9 nitrogen and oxygen atoms in total. The van der Waals surface area contributed by atoms with Crippen molar-refractivity contribution in [2.45, 2.75) is 26.0 Å². The average Bonchev–Trinajstić information content (AvgIpc) is 3.08. The van der Waals surface area contributed by atoms with Crippen molar-refractivity contribution in [2.24, 2.45) is 12.5 Å². The zero-order valence-corrected chi connectivity index (χ0v) is 18.7. The van der Waals surface area contributed by atoms with E-state index in [0.29, 0.717) is 13.2 Å². The van der Waals surface area contributed by atoms with E-state index in [9.17, 15) is 0 Å². The summed E-state index contributed by atoms with van der Waals surface area (Å²) in [5, 5.41) is 3.70. The van der Waals surface area contributed by atoms with Gasteiger partial charge in [0.1, 0.15) is 5.82 Å². The Kier molecular flexibility index (Phi) is 5.35. The van der Waals surface area contributed by atoms with Gasteiger partial charge >= 0.3 is 0 Å². The Morgan fingerprint density at radius 1 is 1.10 bits per heavy atom. The third-order valence-corrected chi connectivity index (χ3v) is 6.69. The first-order valence-electron chi connectivity index (χ1n) is 10.7. The van der Waals surface area contributed by atoms with Crippen LogP contribution >= 0.6 is 11.6 Å². The van der Waals surface area contributed by atoms with Gasteiger partial charge in [-0.05, 0) is 11.6 Å². The van der Waals surface area contributed by atoms with E-state index in [1.807, 2.05) is 7.05 Å². The first kappa shape index (κ1) is 20.4. The van der Waals surface area contributed by atoms with Crippen LogP contribution in [0.3, 0.4) is 0 Å². The number of nitrogens with one attached hydrogen (secondary N) is 1. The van der Waals surface area contributed by atoms with Crippen LogP contribution in [0.25, 0.3) is 11.2 Å². The lowest BCUT2D eigenvalue weighted by Gasteiger charge is -2.51. The molecule has 2 aromatic rings. The minimum absolute atomic E-state index is 0.0614. The van der Waals surface area contributed by atoms with E-state index in [0.717, 1.165) is 68.7 Å². The van der Waals surface area contributed by atoms with Gasteiger partial charge in [0.25, 0.3) is 0 Å². The summed E-state index contributed by atoms with van der Waals surface area (Å²) < 4.78 is 13.7. The summed E-state index contributed by atoms with van der Waals surface area (Å²) in [6.45, 7) is 12.1. The van der Waals surface area contributed by atoms with E-state index in [-0.39, 0.29) is 22.8 Å². The number of hydrogen-bond donors (Lipinski definition) is 1. The molecule has 0 aromatic carbocycles. The number of aromatic nitrogens is 4. The fourth-order valence-electron chi connectivity index (χ4n) is 4.78. The minimum Gasteiger partial charge on any atom is -0.378 e. The number of fused-ring (bicyclic) bond motifs is 1. The van der Waals surface area contributed by atoms with Gasteiger partial charge in [-0.2, -0.15) is 9.97 Å². The van der Waals surface area contributed by atoms with Crippen molar-refractivity contribution in [1.29, 1.82) is 0 Å². The van der Waals surface area contributed by atoms with Crippen molar-refractivity contribution in [1.82, 2.24) is 29.7 Å². The molecule has 3 saturated heterocycles. The molecule has 0 saturated carbocycles. The number of nitrogens with zero attached hydrogens (tertiary/aromatic N) is 6. The quantitative estimate of drug-likeness (QED) is 0.718. The standard InChI is InChI=1S/C20H30ClN7O2/c1-20(2)12-30-15(20)14(27-6-4-22-5-7-27)18-23-13-16(26(18)3)24-19(21)25-17(13)28-8-10-29-11-9-28/h14-15,22H,4-12H2,1-3H3. The number of halogens is 1. The molecule has 3 aliphatic heterocycles. The van der Waals surface area contributed by atoms with Crippen molar-refractivity contribution in [3.63, 3.8) is 0 Å². The molecule has 3 fully saturated rings. The number of rotatable bonds is 4. The molecule has 2 atom stereocenters. The van der Waals surface area contributed by atoms with E-state index < -0.39 is 0 Å². The van der Waals surface area contributed by atoms with Gasteiger partial charge in [-0.3, -0.25) is 4.90 Å². The van der Waals surface area contributed by atoms with Crippen LogP contribution in [0.1, 0.15) is 25.7 Å². The van der Waals surface area contributed by atoms with Crippen LogP contribution in [0.5, 0.6) is 0 Å². The zero-order valence-electron chi connectivity index (χ0n) is 17.9. The number of ether oxygens (including phenoxy) is 2. The van der Waals surface area contributed by atoms with Gasteiger partial charge in [0.2, 0.25) is 5.28 Å². The van der Waals surface area contributed by atoms with Gasteiger partial charge in [-0.25, -0.2) is 4.98 Å². The number of anilines is 1. The molecule has 164 valence electrons. The molecule has 5 heterocycles. The highest BCUT2D eigenvalue weighted by atomic mass is 35.5. The fraction of sp³-hybridized carbons (Fsp3) is 0.750. The van der Waals surface area contributed by atoms with E-state index in [2.05, 4.69) is 43.5 Å². The number of piperazine rings is 1. The van der Waals surface area contributed by atoms with Crippen LogP contribution in [-0.2, 0) is 16.5 Å². The highest BCUT2D eigenvalue weighted by molar-refractivity contribution is 6.28. The predicted octanol–water partition coefficient (Wildman–Crippen LogP) is 1.22. The van der Waals surface area contributed by atoms with Gasteiger partial charge < -0.3 is 24.3 Å². The third-order valence-electron chi connectivity index (χ3n) is 6.52. The van der Waals surface area contributed by atoms with Gasteiger partial charge in [0, 0.05) is 51.7 Å². The summed E-state index contributed by atoms with van der Waals surface area (Å²) in [4.78, 5) is 18.9. The fourth-order valence-corrected chi connectivity index (χ4v) is 4.94. The Morgan fingerprint density at radius 2 is 1.83 bits per heavy atom. The van der Waals surface area contributed by atoms with E-state index in [4.69, 9.17) is 26.1 Å². The van der Waals surface area contributed by atoms with Crippen LogP contribution in [0, 0.1) is 5.41 Å². The van der Waals surface area contributed by atoms with E-state index in [1.165, 1.54) is 0 Å². The predicted molar refractivity (Wildman–Crippen MR) is 115 cm³/mol. The molecule has 2 unspecified atom stereocenters. The lowest BCUT2D eigenvalue weighted by Crippen LogP contribution is -2.58. The average molecular weight is 436 g/mol. The van der Waals surface area contributed by atoms with Crippen LogP contribution < -0.4 is 10.2 Å². The maximum absolute atomic E-state index is 6.33. The molecule has 0 aliphatic carbocycles. The number of aryl methyl sites for hydroxylation is 1. The van der Waals surface area contributed by atoms with Crippen molar-refractivity contribution in [3.8, 4) is 0 Å². The first-order chi connectivity index (χ1) is 14.5. The molecular formula is C20H30ClN7O2. The third kappa shape index (κ3) is 3.46. The molecule has 0 bridgehead atoms. The Bertz CT molecular complexity index is 922. The molecule has 2 aromatic heterocycles. The van der Waals surface area contributed by atoms with Crippen LogP contribution in [0.15, 0.2) is 0 Å². The maximum Gasteiger partial charge on any atom is 0.226 e. The Hall–Kier alpha value is -1.52. The highest BCUT2D eigenvalue weighted by Gasteiger charge is 2.49. The first-order valence-corrected chi connectivity index (χ1v) is 11.1. The molecule has 0 spiro atoms. The van der Waals surface area contributed by atoms with Crippen molar-refractivity contribution < 1.29 is 9.47 Å². The van der Waals surface area contributed by atoms with Gasteiger partial charge in [-0.1, -0.05) is 13.8 Å². The zero-order chi connectivity index (χ0) is 20.9. The molecule has 3 aliphatic rings. The van der Waals surface area contributed by atoms with Gasteiger partial charge in [-0.15, -0.1) is 0 Å². The van der Waals surface area contributed by atoms with Crippen LogP contribution in [0.2, 0.25) is 5.28 Å². The Labute approximate surface area is 181 Å². The minimum atomic E-state index is 0.0614. The van der Waals surface area contributed by atoms with Crippen molar-refractivity contribution >= 4 is 28.6 Å². The second kappa shape index (κ2) is 7.87. The highest BCUT2D eigenvalue weighted by Crippen LogP contribution is 2.44. The molecule has 0 amide bonds. The van der Waals surface area contributed by atoms with Crippen LogP contribution in [0.4, 0.5) is 5.82 Å². The van der Waals surface area contributed by atoms with Gasteiger partial charge in [0.15, 0.2) is 17.0 Å². The Morgan fingerprint density at radius 3 is 2.47 bits per heavy atom. The number of hydrogen-bond acceptors (Lipinski definition) is 8. The normalized spacial score (nSPS) is 26.0. The lowest BCUT2D eigenvalue weighted by molar-refractivity contribution is -0.202. The topological polar surface area (TPSA) is 80.6 Å². The molecule has 30 heavy (non-hydrogen) atoms. The summed E-state index contributed by atoms with van der Waals surface area (Å²) in [6.07, 6.45) is 0.0846. The molecule has 0 radical (unpaired) electrons. The van der Waals surface area contributed by atoms with Crippen LogP contribution in [-0.4, -0.2) is 89.6 Å².